The molecule has 0 heterocycles. The summed E-state index contributed by atoms with van der Waals surface area (Å²) in [7, 11) is 0. The molecule has 6 unspecified atom stereocenters. The van der Waals surface area contributed by atoms with Gasteiger partial charge in [0.05, 0.1) is 18.8 Å². The largest absolute Gasteiger partial charge is 0.508 e. The third-order valence-electron chi connectivity index (χ3n) is 7.25. The molecule has 0 spiro atoms. The van der Waals surface area contributed by atoms with Crippen LogP contribution in [-0.2, 0) is 4.79 Å². The molecule has 0 saturated heterocycles. The molecule has 2 fully saturated rings. The van der Waals surface area contributed by atoms with Gasteiger partial charge in [0.15, 0.2) is 0 Å². The van der Waals surface area contributed by atoms with Gasteiger partial charge in [-0.15, -0.1) is 0 Å². The molecule has 0 aliphatic heterocycles. The van der Waals surface area contributed by atoms with E-state index in [0.29, 0.717) is 18.5 Å². The molecule has 1 aromatic rings. The highest BCUT2D eigenvalue weighted by molar-refractivity contribution is 5.91. The second-order valence-electron chi connectivity index (χ2n) is 8.83. The van der Waals surface area contributed by atoms with Crippen LogP contribution in [0.4, 0.5) is 5.69 Å². The van der Waals surface area contributed by atoms with E-state index in [2.05, 4.69) is 12.2 Å². The van der Waals surface area contributed by atoms with E-state index < -0.39 is 17.6 Å². The average Bonchev–Trinajstić information content (AvgIpc) is 2.62. The maximum atomic E-state index is 12.6. The van der Waals surface area contributed by atoms with Crippen molar-refractivity contribution < 1.29 is 25.2 Å². The highest BCUT2D eigenvalue weighted by atomic mass is 16.3. The Labute approximate surface area is 160 Å². The second kappa shape index (κ2) is 7.41. The number of amides is 1. The smallest absolute Gasteiger partial charge is 0.224 e. The zero-order valence-corrected chi connectivity index (χ0v) is 16.1. The van der Waals surface area contributed by atoms with Gasteiger partial charge in [-0.25, -0.2) is 0 Å². The van der Waals surface area contributed by atoms with Crippen LogP contribution in [0, 0.1) is 22.7 Å². The number of carbonyl (C=O) groups is 1. The SMILES string of the molecule is CC1(CO)C(O)CCC2(C)C(CC(=O)Nc3cccc(O)c3)C(O)CCC12. The lowest BCUT2D eigenvalue weighted by Crippen LogP contribution is -2.60. The number of hydrogen-bond donors (Lipinski definition) is 5. The number of fused-ring (bicyclic) bond motifs is 1. The zero-order valence-electron chi connectivity index (χ0n) is 16.1. The first kappa shape index (κ1) is 20.1. The fourth-order valence-corrected chi connectivity index (χ4v) is 5.60. The molecule has 27 heavy (non-hydrogen) atoms. The fraction of sp³-hybridized carbons (Fsp3) is 0.667. The Kier molecular flexibility index (Phi) is 5.52. The quantitative estimate of drug-likeness (QED) is 0.553. The summed E-state index contributed by atoms with van der Waals surface area (Å²) in [6.07, 6.45) is 1.58. The van der Waals surface area contributed by atoms with Crippen molar-refractivity contribution in [2.24, 2.45) is 22.7 Å². The average molecular weight is 377 g/mol. The van der Waals surface area contributed by atoms with Crippen LogP contribution in [-0.4, -0.2) is 45.1 Å². The van der Waals surface area contributed by atoms with Gasteiger partial charge in [0.2, 0.25) is 5.91 Å². The number of hydrogen-bond acceptors (Lipinski definition) is 5. The first-order chi connectivity index (χ1) is 12.7. The maximum Gasteiger partial charge on any atom is 0.224 e. The van der Waals surface area contributed by atoms with Gasteiger partial charge < -0.3 is 25.7 Å². The van der Waals surface area contributed by atoms with Crippen molar-refractivity contribution in [1.29, 1.82) is 0 Å². The number of aliphatic hydroxyl groups excluding tert-OH is 3. The minimum Gasteiger partial charge on any atom is -0.508 e. The molecule has 150 valence electrons. The van der Waals surface area contributed by atoms with Crippen LogP contribution in [0.1, 0.15) is 46.0 Å². The number of aromatic hydroxyl groups is 1. The highest BCUT2D eigenvalue weighted by Gasteiger charge is 2.58. The first-order valence-electron chi connectivity index (χ1n) is 9.76. The van der Waals surface area contributed by atoms with Crippen LogP contribution in [0.2, 0.25) is 0 Å². The van der Waals surface area contributed by atoms with E-state index in [9.17, 15) is 25.2 Å². The van der Waals surface area contributed by atoms with Crippen LogP contribution >= 0.6 is 0 Å². The van der Waals surface area contributed by atoms with E-state index in [-0.39, 0.29) is 41.9 Å². The summed E-state index contributed by atoms with van der Waals surface area (Å²) in [5, 5.41) is 43.6. The molecule has 2 aliphatic carbocycles. The van der Waals surface area contributed by atoms with Crippen LogP contribution in [0.3, 0.4) is 0 Å². The van der Waals surface area contributed by atoms with Crippen molar-refractivity contribution in [2.75, 3.05) is 11.9 Å². The van der Waals surface area contributed by atoms with E-state index in [1.165, 1.54) is 12.1 Å². The number of phenols is 1. The minimum atomic E-state index is -0.618. The van der Waals surface area contributed by atoms with E-state index >= 15 is 0 Å². The summed E-state index contributed by atoms with van der Waals surface area (Å²) in [6, 6.07) is 6.39. The van der Waals surface area contributed by atoms with Crippen molar-refractivity contribution >= 4 is 11.6 Å². The maximum absolute atomic E-state index is 12.6. The number of benzene rings is 1. The molecule has 6 atom stereocenters. The van der Waals surface area contributed by atoms with E-state index in [4.69, 9.17) is 0 Å². The zero-order chi connectivity index (χ0) is 19.8. The third kappa shape index (κ3) is 3.58. The van der Waals surface area contributed by atoms with Crippen LogP contribution in [0.25, 0.3) is 0 Å². The number of phenolic OH excluding ortho intramolecular Hbond substituents is 1. The summed E-state index contributed by atoms with van der Waals surface area (Å²) in [5.41, 5.74) is -0.427. The highest BCUT2D eigenvalue weighted by Crippen LogP contribution is 2.60. The van der Waals surface area contributed by atoms with Gasteiger partial charge in [0, 0.05) is 23.6 Å². The predicted octanol–water partition coefficient (Wildman–Crippen LogP) is 2.27. The van der Waals surface area contributed by atoms with Gasteiger partial charge in [-0.1, -0.05) is 19.9 Å². The monoisotopic (exact) mass is 377 g/mol. The number of anilines is 1. The Hall–Kier alpha value is -1.63. The molecular weight excluding hydrogens is 346 g/mol. The van der Waals surface area contributed by atoms with Crippen molar-refractivity contribution in [3.63, 3.8) is 0 Å². The standard InChI is InChI=1S/C21H31NO5/c1-20-9-8-18(26)21(2,12-23)17(20)7-6-16(25)15(20)11-19(27)22-13-4-3-5-14(24)10-13/h3-5,10,15-18,23-26H,6-9,11-12H2,1-2H3,(H,22,27). The van der Waals surface area contributed by atoms with E-state index in [0.717, 1.165) is 12.8 Å². The number of carbonyl (C=O) groups excluding carboxylic acids is 1. The van der Waals surface area contributed by atoms with Crippen LogP contribution in [0.15, 0.2) is 24.3 Å². The van der Waals surface area contributed by atoms with Crippen molar-refractivity contribution in [1.82, 2.24) is 0 Å². The molecule has 6 heteroatoms. The Balaban J connectivity index is 1.80. The number of nitrogens with one attached hydrogen (secondary N) is 1. The lowest BCUT2D eigenvalue weighted by atomic mass is 9.46. The van der Waals surface area contributed by atoms with Crippen molar-refractivity contribution in [3.8, 4) is 5.75 Å². The predicted molar refractivity (Wildman–Crippen MR) is 102 cm³/mol. The number of rotatable bonds is 4. The molecule has 3 rings (SSSR count). The normalized spacial score (nSPS) is 38.9. The molecule has 0 bridgehead atoms. The van der Waals surface area contributed by atoms with Gasteiger partial charge >= 0.3 is 0 Å². The molecule has 1 amide bonds. The van der Waals surface area contributed by atoms with Gasteiger partial charge in [0.25, 0.3) is 0 Å². The lowest BCUT2D eigenvalue weighted by molar-refractivity contribution is -0.185. The molecule has 2 aliphatic rings. The Morgan fingerprint density at radius 2 is 1.96 bits per heavy atom. The molecule has 0 aromatic heterocycles. The molecule has 1 aromatic carbocycles. The molecule has 2 saturated carbocycles. The van der Waals surface area contributed by atoms with Gasteiger partial charge in [0.1, 0.15) is 5.75 Å². The van der Waals surface area contributed by atoms with E-state index in [1.807, 2.05) is 6.92 Å². The summed E-state index contributed by atoms with van der Waals surface area (Å²) < 4.78 is 0. The first-order valence-corrected chi connectivity index (χ1v) is 9.76. The van der Waals surface area contributed by atoms with Crippen molar-refractivity contribution in [3.05, 3.63) is 24.3 Å². The number of aliphatic hydroxyl groups is 3. The fourth-order valence-electron chi connectivity index (χ4n) is 5.60. The summed E-state index contributed by atoms with van der Waals surface area (Å²) in [4.78, 5) is 12.6. The van der Waals surface area contributed by atoms with E-state index in [1.54, 1.807) is 12.1 Å². The summed E-state index contributed by atoms with van der Waals surface area (Å²) in [5.74, 6) is -0.325. The summed E-state index contributed by atoms with van der Waals surface area (Å²) >= 11 is 0. The van der Waals surface area contributed by atoms with Gasteiger partial charge in [-0.05, 0) is 55.1 Å². The summed E-state index contributed by atoms with van der Waals surface area (Å²) in [6.45, 7) is 3.90. The van der Waals surface area contributed by atoms with Crippen molar-refractivity contribution in [2.45, 2.75) is 58.2 Å². The topological polar surface area (TPSA) is 110 Å². The Morgan fingerprint density at radius 1 is 1.22 bits per heavy atom. The van der Waals surface area contributed by atoms with Gasteiger partial charge in [-0.3, -0.25) is 4.79 Å². The third-order valence-corrected chi connectivity index (χ3v) is 7.25. The molecule has 5 N–H and O–H groups in total. The molecule has 6 nitrogen and oxygen atoms in total. The Bertz CT molecular complexity index is 695. The van der Waals surface area contributed by atoms with Crippen LogP contribution in [0.5, 0.6) is 5.75 Å². The Morgan fingerprint density at radius 3 is 2.63 bits per heavy atom. The lowest BCUT2D eigenvalue weighted by Gasteiger charge is -2.60. The second-order valence-corrected chi connectivity index (χ2v) is 8.83. The molecule has 0 radical (unpaired) electrons. The van der Waals surface area contributed by atoms with Crippen LogP contribution < -0.4 is 5.32 Å². The molecular formula is C21H31NO5. The van der Waals surface area contributed by atoms with Gasteiger partial charge in [-0.2, -0.15) is 0 Å². The minimum absolute atomic E-state index is 0.0423.